The number of nitro benzene ring substituents is 2. The fraction of sp³-hybridized carbons (Fsp3) is 0.0952. The Morgan fingerprint density at radius 3 is 2.29 bits per heavy atom. The Balaban J connectivity index is 1.95. The van der Waals surface area contributed by atoms with E-state index < -0.39 is 21.2 Å². The Kier molecular flexibility index (Phi) is 6.61. The molecule has 0 radical (unpaired) electrons. The van der Waals surface area contributed by atoms with Crippen molar-refractivity contribution in [1.82, 2.24) is 0 Å². The summed E-state index contributed by atoms with van der Waals surface area (Å²) in [5.74, 6) is 0.329. The zero-order chi connectivity index (χ0) is 22.5. The third kappa shape index (κ3) is 5.23. The normalized spacial score (nSPS) is 10.8. The van der Waals surface area contributed by atoms with E-state index >= 15 is 0 Å². The predicted molar refractivity (Wildman–Crippen MR) is 119 cm³/mol. The summed E-state index contributed by atoms with van der Waals surface area (Å²) in [7, 11) is 1.43. The smallest absolute Gasteiger partial charge is 0.318 e. The van der Waals surface area contributed by atoms with Gasteiger partial charge in [-0.3, -0.25) is 25.2 Å². The van der Waals surface area contributed by atoms with Crippen molar-refractivity contribution >= 4 is 39.2 Å². The summed E-state index contributed by atoms with van der Waals surface area (Å²) >= 11 is 3.39. The molecule has 0 bridgehead atoms. The van der Waals surface area contributed by atoms with Crippen LogP contribution < -0.4 is 9.47 Å². The molecular formula is C21H16BrN3O6. The SMILES string of the molecule is COc1cc(C=Nc2ccc(C)cc2)cc(Br)c1Oc1ccc([N+](=O)[O-])cc1[N+](=O)[O-]. The predicted octanol–water partition coefficient (Wildman–Crippen LogP) is 6.13. The third-order valence-corrected chi connectivity index (χ3v) is 4.80. The number of halogens is 1. The maximum atomic E-state index is 11.4. The van der Waals surface area contributed by atoms with E-state index in [-0.39, 0.29) is 11.5 Å². The Hall–Kier alpha value is -3.79. The topological polar surface area (TPSA) is 117 Å². The molecule has 0 saturated carbocycles. The number of aliphatic imine (C=N–C) groups is 1. The minimum absolute atomic E-state index is 0.157. The fourth-order valence-electron chi connectivity index (χ4n) is 2.65. The molecule has 3 rings (SSSR count). The van der Waals surface area contributed by atoms with Gasteiger partial charge in [-0.15, -0.1) is 0 Å². The molecule has 0 aromatic heterocycles. The first-order valence-corrected chi connectivity index (χ1v) is 9.66. The molecule has 158 valence electrons. The van der Waals surface area contributed by atoms with Gasteiger partial charge in [-0.05, 0) is 58.7 Å². The van der Waals surface area contributed by atoms with Gasteiger partial charge >= 0.3 is 5.69 Å². The lowest BCUT2D eigenvalue weighted by Crippen LogP contribution is -1.98. The van der Waals surface area contributed by atoms with Crippen LogP contribution in [-0.2, 0) is 0 Å². The largest absolute Gasteiger partial charge is 0.493 e. The van der Waals surface area contributed by atoms with Crippen molar-refractivity contribution in [3.05, 3.63) is 90.4 Å². The van der Waals surface area contributed by atoms with Crippen molar-refractivity contribution in [2.24, 2.45) is 4.99 Å². The standard InChI is InChI=1S/C21H16BrN3O6/c1-13-3-5-15(6-4-13)23-12-14-9-17(22)21(20(10-14)30-2)31-19-8-7-16(24(26)27)11-18(19)25(28)29/h3-12H,1-2H3. The van der Waals surface area contributed by atoms with Crippen LogP contribution in [-0.4, -0.2) is 23.2 Å². The zero-order valence-corrected chi connectivity index (χ0v) is 18.0. The maximum absolute atomic E-state index is 11.4. The van der Waals surface area contributed by atoms with Gasteiger partial charge in [-0.2, -0.15) is 0 Å². The summed E-state index contributed by atoms with van der Waals surface area (Å²) in [6, 6.07) is 14.2. The molecule has 10 heteroatoms. The second-order valence-corrected chi connectivity index (χ2v) is 7.25. The third-order valence-electron chi connectivity index (χ3n) is 4.21. The molecule has 0 unspecified atom stereocenters. The van der Waals surface area contributed by atoms with E-state index in [1.807, 2.05) is 31.2 Å². The molecule has 0 spiro atoms. The molecular weight excluding hydrogens is 470 g/mol. The highest BCUT2D eigenvalue weighted by atomic mass is 79.9. The quantitative estimate of drug-likeness (QED) is 0.225. The van der Waals surface area contributed by atoms with E-state index in [9.17, 15) is 20.2 Å². The molecule has 0 aliphatic carbocycles. The van der Waals surface area contributed by atoms with Gasteiger partial charge < -0.3 is 9.47 Å². The van der Waals surface area contributed by atoms with Gasteiger partial charge in [0.1, 0.15) is 0 Å². The van der Waals surface area contributed by atoms with E-state index in [0.717, 1.165) is 23.4 Å². The summed E-state index contributed by atoms with van der Waals surface area (Å²) in [5.41, 5.74) is 1.67. The number of methoxy groups -OCH3 is 1. The molecule has 0 amide bonds. The van der Waals surface area contributed by atoms with Gasteiger partial charge in [0, 0.05) is 12.3 Å². The number of ether oxygens (including phenoxy) is 2. The summed E-state index contributed by atoms with van der Waals surface area (Å²) in [4.78, 5) is 25.2. The van der Waals surface area contributed by atoms with Gasteiger partial charge in [0.05, 0.1) is 33.2 Å². The Morgan fingerprint density at radius 2 is 1.68 bits per heavy atom. The Bertz CT molecular complexity index is 1180. The Labute approximate surface area is 185 Å². The first kappa shape index (κ1) is 21.9. The maximum Gasteiger partial charge on any atom is 0.318 e. The minimum atomic E-state index is -0.745. The molecule has 0 fully saturated rings. The van der Waals surface area contributed by atoms with Gasteiger partial charge in [0.25, 0.3) is 5.69 Å². The molecule has 0 saturated heterocycles. The lowest BCUT2D eigenvalue weighted by molar-refractivity contribution is -0.394. The number of nitrogens with zero attached hydrogens (tertiary/aromatic N) is 3. The van der Waals surface area contributed by atoms with E-state index in [1.54, 1.807) is 18.3 Å². The lowest BCUT2D eigenvalue weighted by atomic mass is 10.2. The highest BCUT2D eigenvalue weighted by Crippen LogP contribution is 2.42. The number of hydrogen-bond donors (Lipinski definition) is 0. The highest BCUT2D eigenvalue weighted by molar-refractivity contribution is 9.10. The summed E-state index contributed by atoms with van der Waals surface area (Å²) in [6.07, 6.45) is 1.65. The van der Waals surface area contributed by atoms with Gasteiger partial charge in [0.15, 0.2) is 11.5 Å². The van der Waals surface area contributed by atoms with Crippen LogP contribution >= 0.6 is 15.9 Å². The van der Waals surface area contributed by atoms with Crippen molar-refractivity contribution < 1.29 is 19.3 Å². The second-order valence-electron chi connectivity index (χ2n) is 6.40. The van der Waals surface area contributed by atoms with E-state index in [2.05, 4.69) is 20.9 Å². The first-order chi connectivity index (χ1) is 14.8. The minimum Gasteiger partial charge on any atom is -0.493 e. The van der Waals surface area contributed by atoms with Crippen LogP contribution in [0, 0.1) is 27.2 Å². The summed E-state index contributed by atoms with van der Waals surface area (Å²) in [6.45, 7) is 1.99. The highest BCUT2D eigenvalue weighted by Gasteiger charge is 2.23. The van der Waals surface area contributed by atoms with Crippen LogP contribution in [0.5, 0.6) is 17.2 Å². The van der Waals surface area contributed by atoms with E-state index in [1.165, 1.54) is 13.2 Å². The molecule has 0 atom stereocenters. The lowest BCUT2D eigenvalue weighted by Gasteiger charge is -2.13. The molecule has 0 N–H and O–H groups in total. The summed E-state index contributed by atoms with van der Waals surface area (Å²) in [5, 5.41) is 22.3. The molecule has 0 heterocycles. The van der Waals surface area contributed by atoms with Crippen molar-refractivity contribution in [2.45, 2.75) is 6.92 Å². The van der Waals surface area contributed by atoms with Gasteiger partial charge in [-0.25, -0.2) is 0 Å². The molecule has 3 aromatic carbocycles. The zero-order valence-electron chi connectivity index (χ0n) is 16.4. The Morgan fingerprint density at radius 1 is 0.968 bits per heavy atom. The van der Waals surface area contributed by atoms with Crippen LogP contribution in [0.3, 0.4) is 0 Å². The van der Waals surface area contributed by atoms with Crippen LogP contribution in [0.2, 0.25) is 0 Å². The first-order valence-electron chi connectivity index (χ1n) is 8.87. The number of rotatable bonds is 7. The average molecular weight is 486 g/mol. The van der Waals surface area contributed by atoms with Crippen molar-refractivity contribution in [1.29, 1.82) is 0 Å². The van der Waals surface area contributed by atoms with E-state index in [4.69, 9.17) is 9.47 Å². The summed E-state index contributed by atoms with van der Waals surface area (Å²) < 4.78 is 11.5. The molecule has 0 aliphatic heterocycles. The van der Waals surface area contributed by atoms with Crippen molar-refractivity contribution in [3.8, 4) is 17.2 Å². The number of hydrogen-bond acceptors (Lipinski definition) is 7. The van der Waals surface area contributed by atoms with Gasteiger partial charge in [-0.1, -0.05) is 17.7 Å². The van der Waals surface area contributed by atoms with Crippen LogP contribution in [0.4, 0.5) is 17.1 Å². The van der Waals surface area contributed by atoms with Crippen LogP contribution in [0.15, 0.2) is 64.1 Å². The molecule has 31 heavy (non-hydrogen) atoms. The van der Waals surface area contributed by atoms with E-state index in [0.29, 0.717) is 15.8 Å². The second kappa shape index (κ2) is 9.35. The van der Waals surface area contributed by atoms with Crippen molar-refractivity contribution in [2.75, 3.05) is 7.11 Å². The van der Waals surface area contributed by atoms with Crippen LogP contribution in [0.25, 0.3) is 0 Å². The monoisotopic (exact) mass is 485 g/mol. The molecule has 3 aromatic rings. The average Bonchev–Trinajstić information content (AvgIpc) is 2.74. The number of non-ortho nitro benzene ring substituents is 1. The number of aryl methyl sites for hydroxylation is 1. The number of benzene rings is 3. The molecule has 0 aliphatic rings. The molecule has 9 nitrogen and oxygen atoms in total. The van der Waals surface area contributed by atoms with Crippen LogP contribution in [0.1, 0.15) is 11.1 Å². The van der Waals surface area contributed by atoms with Gasteiger partial charge in [0.2, 0.25) is 5.75 Å². The fourth-order valence-corrected chi connectivity index (χ4v) is 3.19. The van der Waals surface area contributed by atoms with Crippen molar-refractivity contribution in [3.63, 3.8) is 0 Å². The number of nitro groups is 2.